The summed E-state index contributed by atoms with van der Waals surface area (Å²) in [5, 5.41) is 15.1. The van der Waals surface area contributed by atoms with Crippen molar-refractivity contribution in [2.75, 3.05) is 12.4 Å². The first-order chi connectivity index (χ1) is 10.0. The maximum atomic E-state index is 11.0. The normalized spacial score (nSPS) is 10.2. The molecule has 0 aliphatic carbocycles. The number of methoxy groups -OCH3 is 1. The van der Waals surface area contributed by atoms with E-state index in [4.69, 9.17) is 27.9 Å². The Bertz CT molecular complexity index is 677. The molecule has 2 rings (SSSR count). The number of hydrogen-bond donors (Lipinski definition) is 1. The second kappa shape index (κ2) is 6.65. The molecule has 110 valence electrons. The van der Waals surface area contributed by atoms with Crippen molar-refractivity contribution >= 4 is 34.6 Å². The van der Waals surface area contributed by atoms with E-state index in [0.29, 0.717) is 22.3 Å². The van der Waals surface area contributed by atoms with E-state index < -0.39 is 4.92 Å². The van der Waals surface area contributed by atoms with Crippen LogP contribution in [-0.2, 0) is 6.54 Å². The molecule has 0 radical (unpaired) electrons. The van der Waals surface area contributed by atoms with Crippen LogP contribution >= 0.6 is 23.2 Å². The molecule has 0 saturated heterocycles. The second-order valence-corrected chi connectivity index (χ2v) is 5.08. The van der Waals surface area contributed by atoms with Crippen molar-refractivity contribution in [3.05, 3.63) is 62.1 Å². The molecule has 0 amide bonds. The molecule has 0 bridgehead atoms. The predicted octanol–water partition coefficient (Wildman–Crippen LogP) is 4.52. The van der Waals surface area contributed by atoms with Crippen LogP contribution in [0.15, 0.2) is 36.4 Å². The van der Waals surface area contributed by atoms with Crippen LogP contribution in [0.25, 0.3) is 0 Å². The maximum absolute atomic E-state index is 11.0. The number of anilines is 1. The van der Waals surface area contributed by atoms with Gasteiger partial charge in [0.05, 0.1) is 12.0 Å². The van der Waals surface area contributed by atoms with Gasteiger partial charge in [0.2, 0.25) is 0 Å². The number of ether oxygens (including phenoxy) is 1. The molecule has 0 aromatic heterocycles. The first kappa shape index (κ1) is 15.4. The van der Waals surface area contributed by atoms with Gasteiger partial charge in [-0.05, 0) is 29.8 Å². The van der Waals surface area contributed by atoms with Crippen molar-refractivity contribution in [1.82, 2.24) is 0 Å². The van der Waals surface area contributed by atoms with Crippen LogP contribution in [0.4, 0.5) is 11.4 Å². The third kappa shape index (κ3) is 3.77. The lowest BCUT2D eigenvalue weighted by atomic mass is 10.2. The highest BCUT2D eigenvalue weighted by molar-refractivity contribution is 6.35. The van der Waals surface area contributed by atoms with Crippen LogP contribution in [0, 0.1) is 10.1 Å². The van der Waals surface area contributed by atoms with Gasteiger partial charge >= 0.3 is 5.69 Å². The van der Waals surface area contributed by atoms with E-state index in [0.717, 1.165) is 5.56 Å². The lowest BCUT2D eigenvalue weighted by Gasteiger charge is -2.09. The number of benzene rings is 2. The fourth-order valence-corrected chi connectivity index (χ4v) is 2.28. The maximum Gasteiger partial charge on any atom is 0.312 e. The van der Waals surface area contributed by atoms with Crippen molar-refractivity contribution in [2.24, 2.45) is 0 Å². The summed E-state index contributed by atoms with van der Waals surface area (Å²) in [6, 6.07) is 9.86. The number of nitro benzene ring substituents is 1. The van der Waals surface area contributed by atoms with Gasteiger partial charge < -0.3 is 10.1 Å². The van der Waals surface area contributed by atoms with Crippen LogP contribution in [0.5, 0.6) is 5.75 Å². The van der Waals surface area contributed by atoms with Crippen LogP contribution < -0.4 is 10.1 Å². The van der Waals surface area contributed by atoms with Gasteiger partial charge in [0.1, 0.15) is 0 Å². The molecule has 1 N–H and O–H groups in total. The highest BCUT2D eigenvalue weighted by Gasteiger charge is 2.15. The summed E-state index contributed by atoms with van der Waals surface area (Å²) in [6.07, 6.45) is 0. The third-order valence-corrected chi connectivity index (χ3v) is 3.46. The Morgan fingerprint density at radius 1 is 1.24 bits per heavy atom. The SMILES string of the molecule is COc1ccc(NCc2ccc(Cl)cc2Cl)cc1[N+](=O)[O-]. The quantitative estimate of drug-likeness (QED) is 0.648. The highest BCUT2D eigenvalue weighted by Crippen LogP contribution is 2.30. The summed E-state index contributed by atoms with van der Waals surface area (Å²) in [4.78, 5) is 10.5. The van der Waals surface area contributed by atoms with Crippen molar-refractivity contribution < 1.29 is 9.66 Å². The number of rotatable bonds is 5. The first-order valence-electron chi connectivity index (χ1n) is 6.01. The third-order valence-electron chi connectivity index (χ3n) is 2.87. The van der Waals surface area contributed by atoms with Crippen molar-refractivity contribution in [2.45, 2.75) is 6.54 Å². The van der Waals surface area contributed by atoms with Gasteiger partial charge in [-0.1, -0.05) is 29.3 Å². The summed E-state index contributed by atoms with van der Waals surface area (Å²) in [7, 11) is 1.39. The summed E-state index contributed by atoms with van der Waals surface area (Å²) in [6.45, 7) is 0.430. The fourth-order valence-electron chi connectivity index (χ4n) is 1.80. The standard InChI is InChI=1S/C14H12Cl2N2O3/c1-21-14-5-4-11(7-13(14)18(19)20)17-8-9-2-3-10(15)6-12(9)16/h2-7,17H,8H2,1H3. The average Bonchev–Trinajstić information content (AvgIpc) is 2.46. The summed E-state index contributed by atoms with van der Waals surface area (Å²) in [5.41, 5.74) is 1.36. The van der Waals surface area contributed by atoms with Crippen LogP contribution in [0.3, 0.4) is 0 Å². The molecule has 5 nitrogen and oxygen atoms in total. The molecule has 2 aromatic rings. The molecule has 0 saturated carbocycles. The predicted molar refractivity (Wildman–Crippen MR) is 83.4 cm³/mol. The van der Waals surface area contributed by atoms with Gasteiger partial charge in [0.25, 0.3) is 0 Å². The molecular formula is C14H12Cl2N2O3. The molecule has 0 heterocycles. The number of hydrogen-bond acceptors (Lipinski definition) is 4. The van der Waals surface area contributed by atoms with E-state index in [9.17, 15) is 10.1 Å². The Morgan fingerprint density at radius 3 is 2.62 bits per heavy atom. The minimum Gasteiger partial charge on any atom is -0.490 e. The van der Waals surface area contributed by atoms with Crippen molar-refractivity contribution in [1.29, 1.82) is 0 Å². The molecule has 2 aromatic carbocycles. The molecule has 0 aliphatic rings. The van der Waals surface area contributed by atoms with Gasteiger partial charge in [0, 0.05) is 28.3 Å². The number of nitro groups is 1. The molecule has 0 atom stereocenters. The number of nitrogens with zero attached hydrogens (tertiary/aromatic N) is 1. The molecule has 7 heteroatoms. The molecule has 0 spiro atoms. The van der Waals surface area contributed by atoms with E-state index in [2.05, 4.69) is 5.32 Å². The lowest BCUT2D eigenvalue weighted by molar-refractivity contribution is -0.385. The summed E-state index contributed by atoms with van der Waals surface area (Å²) >= 11 is 11.9. The molecule has 0 fully saturated rings. The Balaban J connectivity index is 2.16. The molecular weight excluding hydrogens is 315 g/mol. The smallest absolute Gasteiger partial charge is 0.312 e. The Labute approximate surface area is 131 Å². The minimum atomic E-state index is -0.487. The van der Waals surface area contributed by atoms with E-state index in [1.54, 1.807) is 30.3 Å². The van der Waals surface area contributed by atoms with Gasteiger partial charge in [-0.25, -0.2) is 0 Å². The van der Waals surface area contributed by atoms with E-state index in [1.165, 1.54) is 13.2 Å². The first-order valence-corrected chi connectivity index (χ1v) is 6.77. The summed E-state index contributed by atoms with van der Waals surface area (Å²) < 4.78 is 4.95. The van der Waals surface area contributed by atoms with E-state index in [-0.39, 0.29) is 11.4 Å². The molecule has 0 aliphatic heterocycles. The Morgan fingerprint density at radius 2 is 2.00 bits per heavy atom. The topological polar surface area (TPSA) is 64.4 Å². The number of halogens is 2. The highest BCUT2D eigenvalue weighted by atomic mass is 35.5. The van der Waals surface area contributed by atoms with Crippen LogP contribution in [-0.4, -0.2) is 12.0 Å². The van der Waals surface area contributed by atoms with Crippen LogP contribution in [0.1, 0.15) is 5.56 Å². The lowest BCUT2D eigenvalue weighted by Crippen LogP contribution is -2.01. The minimum absolute atomic E-state index is 0.0929. The van der Waals surface area contributed by atoms with Crippen molar-refractivity contribution in [3.63, 3.8) is 0 Å². The van der Waals surface area contributed by atoms with Gasteiger partial charge in [-0.15, -0.1) is 0 Å². The zero-order chi connectivity index (χ0) is 15.4. The average molecular weight is 327 g/mol. The van der Waals surface area contributed by atoms with Gasteiger partial charge in [0.15, 0.2) is 5.75 Å². The monoisotopic (exact) mass is 326 g/mol. The second-order valence-electron chi connectivity index (χ2n) is 4.23. The Kier molecular flexibility index (Phi) is 4.88. The van der Waals surface area contributed by atoms with Gasteiger partial charge in [-0.2, -0.15) is 0 Å². The zero-order valence-corrected chi connectivity index (χ0v) is 12.6. The van der Waals surface area contributed by atoms with E-state index >= 15 is 0 Å². The largest absolute Gasteiger partial charge is 0.490 e. The zero-order valence-electron chi connectivity index (χ0n) is 11.1. The molecule has 21 heavy (non-hydrogen) atoms. The van der Waals surface area contributed by atoms with E-state index in [1.807, 2.05) is 0 Å². The Hall–Kier alpha value is -1.98. The fraction of sp³-hybridized carbons (Fsp3) is 0.143. The molecule has 0 unspecified atom stereocenters. The van der Waals surface area contributed by atoms with Crippen LogP contribution in [0.2, 0.25) is 10.0 Å². The van der Waals surface area contributed by atoms with Gasteiger partial charge in [-0.3, -0.25) is 10.1 Å². The number of nitrogens with one attached hydrogen (secondary N) is 1. The van der Waals surface area contributed by atoms with Crippen molar-refractivity contribution in [3.8, 4) is 5.75 Å². The summed E-state index contributed by atoms with van der Waals surface area (Å²) in [5.74, 6) is 0.218.